The Bertz CT molecular complexity index is 538. The van der Waals surface area contributed by atoms with Gasteiger partial charge in [0.2, 0.25) is 0 Å². The van der Waals surface area contributed by atoms with Crippen LogP contribution in [0.1, 0.15) is 5.56 Å². The Balaban J connectivity index is 2.15. The highest BCUT2D eigenvalue weighted by Crippen LogP contribution is 2.28. The van der Waals surface area contributed by atoms with Crippen LogP contribution in [0.4, 0.5) is 5.82 Å². The lowest BCUT2D eigenvalue weighted by Crippen LogP contribution is -2.43. The Morgan fingerprint density at radius 3 is 2.76 bits per heavy atom. The molecular formula is C13H18N4. The fourth-order valence-electron chi connectivity index (χ4n) is 2.56. The number of nitrogens with zero attached hydrogens (tertiary/aromatic N) is 3. The van der Waals surface area contributed by atoms with Crippen LogP contribution in [-0.4, -0.2) is 36.0 Å². The Morgan fingerprint density at radius 1 is 1.24 bits per heavy atom. The molecule has 0 unspecified atom stereocenters. The van der Waals surface area contributed by atoms with E-state index in [0.29, 0.717) is 0 Å². The van der Waals surface area contributed by atoms with Crippen LogP contribution in [0.25, 0.3) is 10.9 Å². The number of hydrogen-bond donors (Lipinski definition) is 1. The first-order valence-electron chi connectivity index (χ1n) is 6.15. The molecule has 3 rings (SSSR count). The minimum absolute atomic E-state index is 1.04. The van der Waals surface area contributed by atoms with Crippen LogP contribution in [0.15, 0.2) is 18.2 Å². The van der Waals surface area contributed by atoms with Gasteiger partial charge in [0, 0.05) is 38.6 Å². The van der Waals surface area contributed by atoms with E-state index in [4.69, 9.17) is 0 Å². The number of nitrogens with one attached hydrogen (secondary N) is 1. The molecule has 4 nitrogen and oxygen atoms in total. The Morgan fingerprint density at radius 2 is 2.00 bits per heavy atom. The largest absolute Gasteiger partial charge is 0.352 e. The molecule has 90 valence electrons. The summed E-state index contributed by atoms with van der Waals surface area (Å²) in [4.78, 5) is 2.38. The molecule has 0 radical (unpaired) electrons. The summed E-state index contributed by atoms with van der Waals surface area (Å²) in [6, 6.07) is 6.40. The smallest absolute Gasteiger partial charge is 0.158 e. The van der Waals surface area contributed by atoms with Gasteiger partial charge in [0.25, 0.3) is 0 Å². The van der Waals surface area contributed by atoms with Gasteiger partial charge >= 0.3 is 0 Å². The highest BCUT2D eigenvalue weighted by Gasteiger charge is 2.18. The van der Waals surface area contributed by atoms with Crippen LogP contribution in [0, 0.1) is 6.92 Å². The number of fused-ring (bicyclic) bond motifs is 1. The second-order valence-electron chi connectivity index (χ2n) is 4.65. The van der Waals surface area contributed by atoms with Crippen molar-refractivity contribution in [1.29, 1.82) is 0 Å². The molecule has 2 aromatic rings. The molecule has 0 atom stereocenters. The van der Waals surface area contributed by atoms with Crippen molar-refractivity contribution in [2.24, 2.45) is 7.05 Å². The third-order valence-corrected chi connectivity index (χ3v) is 3.48. The highest BCUT2D eigenvalue weighted by atomic mass is 15.4. The van der Waals surface area contributed by atoms with Gasteiger partial charge in [-0.15, -0.1) is 0 Å². The van der Waals surface area contributed by atoms with Gasteiger partial charge in [-0.1, -0.05) is 12.1 Å². The molecule has 1 saturated heterocycles. The predicted octanol–water partition coefficient (Wildman–Crippen LogP) is 1.29. The van der Waals surface area contributed by atoms with Crippen LogP contribution in [-0.2, 0) is 7.05 Å². The lowest BCUT2D eigenvalue weighted by Gasteiger charge is -2.27. The molecule has 0 aliphatic carbocycles. The van der Waals surface area contributed by atoms with E-state index >= 15 is 0 Å². The van der Waals surface area contributed by atoms with Crippen molar-refractivity contribution < 1.29 is 0 Å². The molecule has 0 saturated carbocycles. The summed E-state index contributed by atoms with van der Waals surface area (Å²) in [7, 11) is 2.02. The van der Waals surface area contributed by atoms with Gasteiger partial charge in [-0.05, 0) is 18.6 Å². The van der Waals surface area contributed by atoms with Crippen molar-refractivity contribution in [1.82, 2.24) is 15.1 Å². The van der Waals surface area contributed by atoms with Crippen molar-refractivity contribution in [3.8, 4) is 0 Å². The first-order valence-corrected chi connectivity index (χ1v) is 6.15. The Labute approximate surface area is 101 Å². The van der Waals surface area contributed by atoms with E-state index in [1.54, 1.807) is 0 Å². The lowest BCUT2D eigenvalue weighted by molar-refractivity contribution is 0.582. The minimum atomic E-state index is 1.04. The van der Waals surface area contributed by atoms with E-state index in [2.05, 4.69) is 40.4 Å². The quantitative estimate of drug-likeness (QED) is 0.801. The molecule has 4 heteroatoms. The SMILES string of the molecule is Cc1cccc2c1c(N1CCNCC1)nn2C. The molecule has 1 aromatic carbocycles. The third kappa shape index (κ3) is 1.69. The zero-order valence-corrected chi connectivity index (χ0v) is 10.4. The summed E-state index contributed by atoms with van der Waals surface area (Å²) in [5.41, 5.74) is 2.53. The monoisotopic (exact) mass is 230 g/mol. The summed E-state index contributed by atoms with van der Waals surface area (Å²) >= 11 is 0. The standard InChI is InChI=1S/C13H18N4/c1-10-4-3-5-11-12(10)13(15-16(11)2)17-8-6-14-7-9-17/h3-5,14H,6-9H2,1-2H3. The molecule has 0 amide bonds. The zero-order chi connectivity index (χ0) is 11.8. The second kappa shape index (κ2) is 4.04. The van der Waals surface area contributed by atoms with E-state index in [-0.39, 0.29) is 0 Å². The molecule has 17 heavy (non-hydrogen) atoms. The molecule has 1 aliphatic heterocycles. The first-order chi connectivity index (χ1) is 8.27. The van der Waals surface area contributed by atoms with Crippen molar-refractivity contribution in [2.45, 2.75) is 6.92 Å². The number of hydrogen-bond acceptors (Lipinski definition) is 3. The maximum absolute atomic E-state index is 4.69. The number of aromatic nitrogens is 2. The van der Waals surface area contributed by atoms with Crippen LogP contribution in [0.3, 0.4) is 0 Å². The maximum Gasteiger partial charge on any atom is 0.158 e. The summed E-state index contributed by atoms with van der Waals surface area (Å²) in [5, 5.41) is 9.37. The lowest BCUT2D eigenvalue weighted by atomic mass is 10.1. The van der Waals surface area contributed by atoms with Crippen LogP contribution in [0.2, 0.25) is 0 Å². The fourth-order valence-corrected chi connectivity index (χ4v) is 2.56. The van der Waals surface area contributed by atoms with Gasteiger partial charge in [0.1, 0.15) is 0 Å². The average Bonchev–Trinajstić information content (AvgIpc) is 2.70. The van der Waals surface area contributed by atoms with Crippen LogP contribution >= 0.6 is 0 Å². The number of benzene rings is 1. The summed E-state index contributed by atoms with van der Waals surface area (Å²) < 4.78 is 1.99. The van der Waals surface area contributed by atoms with Crippen molar-refractivity contribution in [3.63, 3.8) is 0 Å². The van der Waals surface area contributed by atoms with Crippen molar-refractivity contribution in [2.75, 3.05) is 31.1 Å². The van der Waals surface area contributed by atoms with Gasteiger partial charge < -0.3 is 10.2 Å². The molecule has 0 spiro atoms. The van der Waals surface area contributed by atoms with E-state index in [9.17, 15) is 0 Å². The number of aryl methyl sites for hydroxylation is 2. The van der Waals surface area contributed by atoms with Crippen molar-refractivity contribution in [3.05, 3.63) is 23.8 Å². The predicted molar refractivity (Wildman–Crippen MR) is 70.5 cm³/mol. The molecule has 1 aromatic heterocycles. The number of anilines is 1. The van der Waals surface area contributed by atoms with Crippen LogP contribution in [0.5, 0.6) is 0 Å². The number of rotatable bonds is 1. The normalized spacial score (nSPS) is 16.7. The van der Waals surface area contributed by atoms with Crippen LogP contribution < -0.4 is 10.2 Å². The highest BCUT2D eigenvalue weighted by molar-refractivity contribution is 5.93. The van der Waals surface area contributed by atoms with Crippen molar-refractivity contribution >= 4 is 16.7 Å². The van der Waals surface area contributed by atoms with E-state index < -0.39 is 0 Å². The Kier molecular flexibility index (Phi) is 2.52. The zero-order valence-electron chi connectivity index (χ0n) is 10.4. The molecule has 2 heterocycles. The fraction of sp³-hybridized carbons (Fsp3) is 0.462. The molecule has 1 N–H and O–H groups in total. The summed E-state index contributed by atoms with van der Waals surface area (Å²) in [6.07, 6.45) is 0. The first kappa shape index (κ1) is 10.6. The van der Waals surface area contributed by atoms with E-state index in [1.807, 2.05) is 11.7 Å². The van der Waals surface area contributed by atoms with Gasteiger partial charge in [-0.3, -0.25) is 4.68 Å². The van der Waals surface area contributed by atoms with E-state index in [0.717, 1.165) is 32.0 Å². The third-order valence-electron chi connectivity index (χ3n) is 3.48. The van der Waals surface area contributed by atoms with Gasteiger partial charge in [0.05, 0.1) is 5.52 Å². The van der Waals surface area contributed by atoms with Gasteiger partial charge in [-0.25, -0.2) is 0 Å². The van der Waals surface area contributed by atoms with E-state index in [1.165, 1.54) is 16.5 Å². The molecule has 1 fully saturated rings. The van der Waals surface area contributed by atoms with Gasteiger partial charge in [-0.2, -0.15) is 5.10 Å². The van der Waals surface area contributed by atoms with Gasteiger partial charge in [0.15, 0.2) is 5.82 Å². The second-order valence-corrected chi connectivity index (χ2v) is 4.65. The molecular weight excluding hydrogens is 212 g/mol. The molecule has 1 aliphatic rings. The Hall–Kier alpha value is -1.55. The topological polar surface area (TPSA) is 33.1 Å². The summed E-state index contributed by atoms with van der Waals surface area (Å²) in [6.45, 7) is 6.34. The average molecular weight is 230 g/mol. The minimum Gasteiger partial charge on any atom is -0.352 e. The summed E-state index contributed by atoms with van der Waals surface area (Å²) in [5.74, 6) is 1.14. The molecule has 0 bridgehead atoms. The number of piperazine rings is 1. The maximum atomic E-state index is 4.69.